The molecule has 35 heavy (non-hydrogen) atoms. The summed E-state index contributed by atoms with van der Waals surface area (Å²) in [5.74, 6) is 1.56. The van der Waals surface area contributed by atoms with E-state index in [0.717, 1.165) is 0 Å². The van der Waals surface area contributed by atoms with E-state index in [1.54, 1.807) is 36.4 Å². The number of carbonyl (C=O) groups is 2. The Bertz CT molecular complexity index is 1150. The highest BCUT2D eigenvalue weighted by Gasteiger charge is 2.17. The van der Waals surface area contributed by atoms with Crippen molar-refractivity contribution < 1.29 is 33.3 Å². The molecule has 1 N–H and O–H groups in total. The van der Waals surface area contributed by atoms with Crippen molar-refractivity contribution in [2.24, 2.45) is 0 Å². The molecule has 0 saturated carbocycles. The van der Waals surface area contributed by atoms with E-state index in [1.165, 1.54) is 40.4 Å². The number of amides is 1. The lowest BCUT2D eigenvalue weighted by atomic mass is 10.1. The third kappa shape index (κ3) is 7.01. The van der Waals surface area contributed by atoms with E-state index in [2.05, 4.69) is 5.32 Å². The van der Waals surface area contributed by atoms with Crippen LogP contribution in [0, 0.1) is 0 Å². The van der Waals surface area contributed by atoms with E-state index < -0.39 is 18.0 Å². The van der Waals surface area contributed by atoms with Gasteiger partial charge in [-0.05, 0) is 67.1 Å². The Labute approximate surface area is 204 Å². The summed E-state index contributed by atoms with van der Waals surface area (Å²) in [6.07, 6.45) is 1.75. The molecule has 3 rings (SSSR count). The second-order valence-corrected chi connectivity index (χ2v) is 7.30. The Kier molecular flexibility index (Phi) is 8.72. The lowest BCUT2D eigenvalue weighted by molar-refractivity contribution is -0.148. The minimum atomic E-state index is -1.01. The molecule has 0 fully saturated rings. The fraction of sp³-hybridized carbons (Fsp3) is 0.185. The molecule has 0 heterocycles. The number of anilines is 1. The maximum absolute atomic E-state index is 12.4. The molecule has 0 aliphatic heterocycles. The summed E-state index contributed by atoms with van der Waals surface area (Å²) in [4.78, 5) is 24.7. The lowest BCUT2D eigenvalue weighted by Gasteiger charge is -2.13. The number of rotatable bonds is 10. The van der Waals surface area contributed by atoms with Crippen LogP contribution in [-0.2, 0) is 14.3 Å². The van der Waals surface area contributed by atoms with Crippen molar-refractivity contribution in [3.8, 4) is 28.7 Å². The molecule has 0 spiro atoms. The first-order chi connectivity index (χ1) is 16.9. The van der Waals surface area contributed by atoms with Crippen LogP contribution in [0.1, 0.15) is 12.5 Å². The molecule has 0 aliphatic carbocycles. The summed E-state index contributed by atoms with van der Waals surface area (Å²) in [5.41, 5.74) is 1.18. The molecule has 0 saturated heterocycles. The monoisotopic (exact) mass is 477 g/mol. The summed E-state index contributed by atoms with van der Waals surface area (Å²) in [5, 5.41) is 2.71. The van der Waals surface area contributed by atoms with Gasteiger partial charge in [0.1, 0.15) is 11.5 Å². The number of hydrogen-bond donors (Lipinski definition) is 1. The van der Waals surface area contributed by atoms with Gasteiger partial charge in [0.05, 0.1) is 21.3 Å². The number of benzene rings is 3. The standard InChI is InChI=1S/C27H27NO7/c1-18(27(30)28-20-11-13-22(14-12-20)35-21-8-6-5-7-9-21)34-25(29)15-10-19-16-23(31-2)26(33-4)24(17-19)32-3/h5-18H,1-4H3,(H,28,30). The van der Waals surface area contributed by atoms with Crippen LogP contribution < -0.4 is 24.3 Å². The summed E-state index contributed by atoms with van der Waals surface area (Å²) in [7, 11) is 4.51. The fourth-order valence-electron chi connectivity index (χ4n) is 3.10. The molecule has 0 aromatic heterocycles. The molecular formula is C27H27NO7. The Morgan fingerprint density at radius 2 is 1.43 bits per heavy atom. The molecule has 3 aromatic carbocycles. The third-order valence-corrected chi connectivity index (χ3v) is 4.86. The van der Waals surface area contributed by atoms with Gasteiger partial charge in [0.25, 0.3) is 5.91 Å². The quantitative estimate of drug-likeness (QED) is 0.321. The Morgan fingerprint density at radius 1 is 0.829 bits per heavy atom. The molecule has 0 bridgehead atoms. The number of carbonyl (C=O) groups excluding carboxylic acids is 2. The van der Waals surface area contributed by atoms with Gasteiger partial charge in [0.15, 0.2) is 17.6 Å². The van der Waals surface area contributed by atoms with Crippen molar-refractivity contribution in [3.05, 3.63) is 78.4 Å². The molecule has 1 unspecified atom stereocenters. The van der Waals surface area contributed by atoms with Crippen molar-refractivity contribution >= 4 is 23.6 Å². The zero-order chi connectivity index (χ0) is 25.2. The highest BCUT2D eigenvalue weighted by atomic mass is 16.5. The van der Waals surface area contributed by atoms with Gasteiger partial charge in [-0.1, -0.05) is 18.2 Å². The first-order valence-electron chi connectivity index (χ1n) is 10.8. The Balaban J connectivity index is 1.55. The number of nitrogens with one attached hydrogen (secondary N) is 1. The summed E-state index contributed by atoms with van der Waals surface area (Å²) < 4.78 is 26.8. The largest absolute Gasteiger partial charge is 0.493 e. The normalized spacial score (nSPS) is 11.4. The summed E-state index contributed by atoms with van der Waals surface area (Å²) in [6.45, 7) is 1.49. The van der Waals surface area contributed by atoms with Crippen molar-refractivity contribution in [3.63, 3.8) is 0 Å². The van der Waals surface area contributed by atoms with Crippen LogP contribution >= 0.6 is 0 Å². The van der Waals surface area contributed by atoms with Crippen LogP contribution in [-0.4, -0.2) is 39.3 Å². The Hall–Kier alpha value is -4.46. The van der Waals surface area contributed by atoms with E-state index in [0.29, 0.717) is 40.0 Å². The second kappa shape index (κ2) is 12.1. The Morgan fingerprint density at radius 3 is 2.00 bits per heavy atom. The van der Waals surface area contributed by atoms with Gasteiger partial charge < -0.3 is 29.0 Å². The number of ether oxygens (including phenoxy) is 5. The van der Waals surface area contributed by atoms with Gasteiger partial charge in [0, 0.05) is 11.8 Å². The van der Waals surface area contributed by atoms with Crippen LogP contribution in [0.15, 0.2) is 72.8 Å². The summed E-state index contributed by atoms with van der Waals surface area (Å²) in [6, 6.07) is 19.6. The fourth-order valence-corrected chi connectivity index (χ4v) is 3.10. The van der Waals surface area contributed by atoms with Gasteiger partial charge >= 0.3 is 5.97 Å². The third-order valence-electron chi connectivity index (χ3n) is 4.86. The van der Waals surface area contributed by atoms with Crippen molar-refractivity contribution in [1.29, 1.82) is 0 Å². The average Bonchev–Trinajstić information content (AvgIpc) is 2.88. The molecule has 0 radical (unpaired) electrons. The van der Waals surface area contributed by atoms with E-state index in [1.807, 2.05) is 30.3 Å². The maximum Gasteiger partial charge on any atom is 0.331 e. The van der Waals surface area contributed by atoms with Gasteiger partial charge in [-0.2, -0.15) is 0 Å². The SMILES string of the molecule is COc1cc(C=CC(=O)OC(C)C(=O)Nc2ccc(Oc3ccccc3)cc2)cc(OC)c1OC. The van der Waals surface area contributed by atoms with Crippen molar-refractivity contribution in [2.75, 3.05) is 26.6 Å². The number of methoxy groups -OCH3 is 3. The van der Waals surface area contributed by atoms with Gasteiger partial charge in [0.2, 0.25) is 5.75 Å². The first kappa shape index (κ1) is 25.2. The zero-order valence-electron chi connectivity index (χ0n) is 19.9. The van der Waals surface area contributed by atoms with Crippen LogP contribution in [0.5, 0.6) is 28.7 Å². The molecule has 1 amide bonds. The molecule has 0 aliphatic rings. The maximum atomic E-state index is 12.4. The van der Waals surface area contributed by atoms with Crippen LogP contribution in [0.3, 0.4) is 0 Å². The molecule has 1 atom stereocenters. The molecule has 3 aromatic rings. The number of esters is 1. The second-order valence-electron chi connectivity index (χ2n) is 7.30. The smallest absolute Gasteiger partial charge is 0.331 e. The first-order valence-corrected chi connectivity index (χ1v) is 10.8. The van der Waals surface area contributed by atoms with E-state index in [4.69, 9.17) is 23.7 Å². The zero-order valence-corrected chi connectivity index (χ0v) is 19.9. The minimum absolute atomic E-state index is 0.444. The van der Waals surface area contributed by atoms with Gasteiger partial charge in [-0.25, -0.2) is 4.79 Å². The molecule has 8 nitrogen and oxygen atoms in total. The highest BCUT2D eigenvalue weighted by molar-refractivity contribution is 5.96. The molecule has 8 heteroatoms. The average molecular weight is 478 g/mol. The van der Waals surface area contributed by atoms with E-state index >= 15 is 0 Å². The van der Waals surface area contributed by atoms with E-state index in [-0.39, 0.29) is 0 Å². The predicted molar refractivity (Wildman–Crippen MR) is 132 cm³/mol. The van der Waals surface area contributed by atoms with Crippen LogP contribution in [0.2, 0.25) is 0 Å². The van der Waals surface area contributed by atoms with Crippen LogP contribution in [0.4, 0.5) is 5.69 Å². The summed E-state index contributed by atoms with van der Waals surface area (Å²) >= 11 is 0. The molecular weight excluding hydrogens is 450 g/mol. The lowest BCUT2D eigenvalue weighted by Crippen LogP contribution is -2.29. The van der Waals surface area contributed by atoms with Gasteiger partial charge in [-0.3, -0.25) is 4.79 Å². The predicted octanol–water partition coefficient (Wildman–Crippen LogP) is 5.09. The topological polar surface area (TPSA) is 92.3 Å². The van der Waals surface area contributed by atoms with Crippen molar-refractivity contribution in [1.82, 2.24) is 0 Å². The number of hydrogen-bond acceptors (Lipinski definition) is 7. The van der Waals surface area contributed by atoms with E-state index in [9.17, 15) is 9.59 Å². The minimum Gasteiger partial charge on any atom is -0.493 e. The van der Waals surface area contributed by atoms with Crippen LogP contribution in [0.25, 0.3) is 6.08 Å². The molecule has 182 valence electrons. The van der Waals surface area contributed by atoms with Gasteiger partial charge in [-0.15, -0.1) is 0 Å². The number of para-hydroxylation sites is 1. The van der Waals surface area contributed by atoms with Crippen molar-refractivity contribution in [2.45, 2.75) is 13.0 Å². The highest BCUT2D eigenvalue weighted by Crippen LogP contribution is 2.38.